The summed E-state index contributed by atoms with van der Waals surface area (Å²) in [6.07, 6.45) is 1.46. The minimum Gasteiger partial charge on any atom is -0.495 e. The lowest BCUT2D eigenvalue weighted by Crippen LogP contribution is -2.32. The molecule has 0 bridgehead atoms. The molecular weight excluding hydrogens is 475 g/mol. The van der Waals surface area contributed by atoms with Crippen LogP contribution in [0.2, 0.25) is 15.1 Å². The summed E-state index contributed by atoms with van der Waals surface area (Å²) in [4.78, 5) is 24.1. The highest BCUT2D eigenvalue weighted by molar-refractivity contribution is 6.40. The zero-order valence-corrected chi connectivity index (χ0v) is 19.6. The van der Waals surface area contributed by atoms with Crippen molar-refractivity contribution >= 4 is 58.5 Å². The quantitative estimate of drug-likeness (QED) is 0.293. The van der Waals surface area contributed by atoms with Crippen LogP contribution in [0.25, 0.3) is 5.69 Å². The van der Waals surface area contributed by atoms with Gasteiger partial charge in [0, 0.05) is 38.4 Å². The zero-order chi connectivity index (χ0) is 23.4. The van der Waals surface area contributed by atoms with Gasteiger partial charge in [0.15, 0.2) is 0 Å². The van der Waals surface area contributed by atoms with Crippen LogP contribution in [0.15, 0.2) is 47.6 Å². The number of hydrazone groups is 1. The van der Waals surface area contributed by atoms with E-state index in [-0.39, 0.29) is 0 Å². The topological polar surface area (TPSA) is 84.7 Å². The molecule has 2 aromatic carbocycles. The molecule has 0 fully saturated rings. The molecule has 0 saturated heterocycles. The molecule has 1 aromatic heterocycles. The molecule has 0 spiro atoms. The molecule has 7 nitrogen and oxygen atoms in total. The summed E-state index contributed by atoms with van der Waals surface area (Å²) in [6, 6.07) is 11.8. The first-order chi connectivity index (χ1) is 15.2. The van der Waals surface area contributed by atoms with Crippen molar-refractivity contribution in [2.45, 2.75) is 13.8 Å². The summed E-state index contributed by atoms with van der Waals surface area (Å²) >= 11 is 18.0. The number of anilines is 1. The Balaban J connectivity index is 1.70. The first-order valence-electron chi connectivity index (χ1n) is 9.33. The first kappa shape index (κ1) is 23.7. The fourth-order valence-corrected chi connectivity index (χ4v) is 3.91. The Kier molecular flexibility index (Phi) is 7.45. The fraction of sp³-hybridized carbons (Fsp3) is 0.136. The van der Waals surface area contributed by atoms with Gasteiger partial charge in [-0.15, -0.1) is 0 Å². The minimum atomic E-state index is -0.937. The van der Waals surface area contributed by atoms with E-state index in [4.69, 9.17) is 39.5 Å². The Hall–Kier alpha value is -3.00. The third-order valence-electron chi connectivity index (χ3n) is 4.56. The second-order valence-electron chi connectivity index (χ2n) is 6.79. The molecule has 2 amide bonds. The number of amides is 2. The number of hydrogen-bond acceptors (Lipinski definition) is 4. The summed E-state index contributed by atoms with van der Waals surface area (Å²) in [7, 11) is 1.56. The lowest BCUT2D eigenvalue weighted by atomic mass is 10.2. The number of carbonyl (C=O) groups excluding carboxylic acids is 2. The Bertz CT molecular complexity index is 1200. The van der Waals surface area contributed by atoms with Gasteiger partial charge in [-0.05, 0) is 56.3 Å². The van der Waals surface area contributed by atoms with Crippen LogP contribution in [0.1, 0.15) is 17.0 Å². The van der Waals surface area contributed by atoms with Crippen LogP contribution in [0.3, 0.4) is 0 Å². The van der Waals surface area contributed by atoms with Crippen molar-refractivity contribution in [1.29, 1.82) is 0 Å². The summed E-state index contributed by atoms with van der Waals surface area (Å²) in [5.41, 5.74) is 5.93. The number of aromatic nitrogens is 1. The molecule has 0 saturated carbocycles. The molecule has 0 unspecified atom stereocenters. The van der Waals surface area contributed by atoms with Gasteiger partial charge in [-0.25, -0.2) is 5.43 Å². The van der Waals surface area contributed by atoms with Gasteiger partial charge in [0.25, 0.3) is 0 Å². The number of carbonyl (C=O) groups is 2. The van der Waals surface area contributed by atoms with E-state index in [1.807, 2.05) is 30.5 Å². The number of nitrogens with one attached hydrogen (secondary N) is 2. The smallest absolute Gasteiger partial charge is 0.329 e. The fourth-order valence-electron chi connectivity index (χ4n) is 3.14. The molecule has 0 aliphatic rings. The van der Waals surface area contributed by atoms with Crippen LogP contribution in [-0.2, 0) is 9.59 Å². The van der Waals surface area contributed by atoms with E-state index < -0.39 is 11.8 Å². The largest absolute Gasteiger partial charge is 0.495 e. The summed E-state index contributed by atoms with van der Waals surface area (Å²) in [5.74, 6) is -1.26. The highest BCUT2D eigenvalue weighted by Gasteiger charge is 2.15. The van der Waals surface area contributed by atoms with Gasteiger partial charge in [0.05, 0.1) is 18.3 Å². The molecule has 0 aliphatic carbocycles. The van der Waals surface area contributed by atoms with Gasteiger partial charge in [0.2, 0.25) is 0 Å². The first-order valence-corrected chi connectivity index (χ1v) is 10.5. The average molecular weight is 494 g/mol. The van der Waals surface area contributed by atoms with Crippen molar-refractivity contribution in [3.05, 3.63) is 74.5 Å². The molecule has 0 atom stereocenters. The van der Waals surface area contributed by atoms with Crippen LogP contribution < -0.4 is 15.5 Å². The number of aryl methyl sites for hydroxylation is 1. The molecule has 2 N–H and O–H groups in total. The van der Waals surface area contributed by atoms with Crippen LogP contribution in [0.5, 0.6) is 5.75 Å². The monoisotopic (exact) mass is 492 g/mol. The number of methoxy groups -OCH3 is 1. The predicted molar refractivity (Wildman–Crippen MR) is 128 cm³/mol. The van der Waals surface area contributed by atoms with E-state index in [2.05, 4.69) is 15.8 Å². The van der Waals surface area contributed by atoms with Crippen LogP contribution >= 0.6 is 34.8 Å². The number of rotatable bonds is 5. The highest BCUT2D eigenvalue weighted by Crippen LogP contribution is 2.29. The molecule has 3 aromatic rings. The number of benzene rings is 2. The lowest BCUT2D eigenvalue weighted by Gasteiger charge is -2.11. The van der Waals surface area contributed by atoms with Crippen LogP contribution in [-0.4, -0.2) is 29.7 Å². The maximum Gasteiger partial charge on any atom is 0.329 e. The maximum atomic E-state index is 12.1. The highest BCUT2D eigenvalue weighted by atomic mass is 35.5. The Morgan fingerprint density at radius 1 is 1.00 bits per heavy atom. The third kappa shape index (κ3) is 5.43. The van der Waals surface area contributed by atoms with Crippen LogP contribution in [0, 0.1) is 13.8 Å². The zero-order valence-electron chi connectivity index (χ0n) is 17.4. The Morgan fingerprint density at radius 2 is 1.69 bits per heavy atom. The van der Waals surface area contributed by atoms with Gasteiger partial charge < -0.3 is 14.6 Å². The maximum absolute atomic E-state index is 12.1. The molecule has 10 heteroatoms. The number of nitrogens with zero attached hydrogens (tertiary/aromatic N) is 2. The van der Waals surface area contributed by atoms with Gasteiger partial charge in [-0.1, -0.05) is 34.8 Å². The SMILES string of the molecule is COc1ccc(-n2c(C)cc(/C=N\NC(=O)C(=O)Nc3cc(Cl)cc(Cl)c3)c2C)cc1Cl. The van der Waals surface area contributed by atoms with Crippen molar-refractivity contribution in [1.82, 2.24) is 9.99 Å². The van der Waals surface area contributed by atoms with E-state index in [1.165, 1.54) is 24.4 Å². The van der Waals surface area contributed by atoms with Gasteiger partial charge in [-0.3, -0.25) is 9.59 Å². The summed E-state index contributed by atoms with van der Waals surface area (Å²) < 4.78 is 7.19. The van der Waals surface area contributed by atoms with Crippen LogP contribution in [0.4, 0.5) is 5.69 Å². The van der Waals surface area contributed by atoms with E-state index >= 15 is 0 Å². The molecule has 3 rings (SSSR count). The third-order valence-corrected chi connectivity index (χ3v) is 5.29. The Morgan fingerprint density at radius 3 is 2.31 bits per heavy atom. The van der Waals surface area contributed by atoms with Crippen molar-refractivity contribution < 1.29 is 14.3 Å². The van der Waals surface area contributed by atoms with E-state index in [1.54, 1.807) is 19.2 Å². The van der Waals surface area contributed by atoms with Gasteiger partial charge >= 0.3 is 11.8 Å². The average Bonchev–Trinajstić information content (AvgIpc) is 3.00. The molecule has 0 aliphatic heterocycles. The standard InChI is InChI=1S/C22H19Cl3N4O3/c1-12-6-14(13(2)29(12)18-4-5-20(32-3)19(25)10-18)11-26-28-22(31)21(30)27-17-8-15(23)7-16(24)9-17/h4-11H,1-3H3,(H,27,30)(H,28,31)/b26-11-. The number of halogens is 3. The van der Waals surface area contributed by atoms with E-state index in [0.717, 1.165) is 22.6 Å². The van der Waals surface area contributed by atoms with E-state index in [0.29, 0.717) is 26.5 Å². The minimum absolute atomic E-state index is 0.299. The summed E-state index contributed by atoms with van der Waals surface area (Å²) in [6.45, 7) is 3.84. The van der Waals surface area contributed by atoms with Gasteiger partial charge in [0.1, 0.15) is 5.75 Å². The normalized spacial score (nSPS) is 10.9. The lowest BCUT2D eigenvalue weighted by molar-refractivity contribution is -0.136. The molecule has 32 heavy (non-hydrogen) atoms. The van der Waals surface area contributed by atoms with E-state index in [9.17, 15) is 9.59 Å². The molecule has 0 radical (unpaired) electrons. The van der Waals surface area contributed by atoms with Crippen molar-refractivity contribution in [3.8, 4) is 11.4 Å². The second kappa shape index (κ2) is 10.1. The summed E-state index contributed by atoms with van der Waals surface area (Å²) in [5, 5.41) is 7.47. The number of hydrogen-bond donors (Lipinski definition) is 2. The molecule has 166 valence electrons. The second-order valence-corrected chi connectivity index (χ2v) is 8.07. The van der Waals surface area contributed by atoms with Crippen molar-refractivity contribution in [2.75, 3.05) is 12.4 Å². The van der Waals surface area contributed by atoms with Gasteiger partial charge in [-0.2, -0.15) is 5.10 Å². The molecular formula is C22H19Cl3N4O3. The molecule has 1 heterocycles. The Labute approximate surface area is 199 Å². The number of ether oxygens (including phenoxy) is 1. The van der Waals surface area contributed by atoms with Crippen molar-refractivity contribution in [3.63, 3.8) is 0 Å². The van der Waals surface area contributed by atoms with Crippen molar-refractivity contribution in [2.24, 2.45) is 5.10 Å². The predicted octanol–water partition coefficient (Wildman–Crippen LogP) is 5.15.